The van der Waals surface area contributed by atoms with Gasteiger partial charge in [0.15, 0.2) is 5.65 Å². The molecule has 0 radical (unpaired) electrons. The highest BCUT2D eigenvalue weighted by molar-refractivity contribution is 7.98. The first kappa shape index (κ1) is 26.3. The van der Waals surface area contributed by atoms with Crippen LogP contribution in [0.3, 0.4) is 0 Å². The van der Waals surface area contributed by atoms with Gasteiger partial charge in [-0.3, -0.25) is 0 Å². The maximum Gasteiger partial charge on any atom is 0.272 e. The smallest absolute Gasteiger partial charge is 0.272 e. The van der Waals surface area contributed by atoms with Crippen molar-refractivity contribution in [1.29, 1.82) is 5.26 Å². The largest absolute Gasteiger partial charge is 0.383 e. The number of aromatic nitrogens is 7. The topological polar surface area (TPSA) is 132 Å². The molecule has 0 saturated heterocycles. The van der Waals surface area contributed by atoms with Crippen molar-refractivity contribution in [3.63, 3.8) is 0 Å². The number of benzene rings is 3. The molecular weight excluding hydrogens is 554 g/mol. The molecule has 0 aliphatic heterocycles. The Morgan fingerprint density at radius 3 is 1.88 bits per heavy atom. The van der Waals surface area contributed by atoms with Gasteiger partial charge in [0.2, 0.25) is 0 Å². The minimum Gasteiger partial charge on any atom is -0.383 e. The molecule has 4 aromatic heterocycles. The van der Waals surface area contributed by atoms with Crippen molar-refractivity contribution in [2.24, 2.45) is 0 Å². The van der Waals surface area contributed by atoms with Crippen LogP contribution in [0, 0.1) is 18.3 Å². The van der Waals surface area contributed by atoms with Gasteiger partial charge in [0.05, 0.1) is 22.2 Å². The lowest BCUT2D eigenvalue weighted by atomic mass is 9.98. The number of nitriles is 1. The van der Waals surface area contributed by atoms with Crippen LogP contribution in [0.1, 0.15) is 11.1 Å². The number of thioether (sulfide) groups is 1. The molecule has 43 heavy (non-hydrogen) atoms. The van der Waals surface area contributed by atoms with Crippen molar-refractivity contribution in [1.82, 2.24) is 34.9 Å². The number of anilines is 1. The SMILES string of the molecule is CSc1nn(-c2nnc(-c3ccccc3)c(-c3ccccc3)n2)c2nc(-c3ccccc3)c3c(C)c(C#N)c(N)nc3c12. The summed E-state index contributed by atoms with van der Waals surface area (Å²) < 4.78 is 1.62. The zero-order valence-corrected chi connectivity index (χ0v) is 24.0. The molecule has 0 atom stereocenters. The van der Waals surface area contributed by atoms with Gasteiger partial charge in [0.1, 0.15) is 28.3 Å². The van der Waals surface area contributed by atoms with E-state index in [0.29, 0.717) is 44.2 Å². The van der Waals surface area contributed by atoms with Crippen LogP contribution in [-0.2, 0) is 0 Å². The Bertz CT molecular complexity index is 2190. The van der Waals surface area contributed by atoms with Gasteiger partial charge in [0, 0.05) is 22.1 Å². The van der Waals surface area contributed by atoms with Gasteiger partial charge in [-0.15, -0.1) is 22.0 Å². The van der Waals surface area contributed by atoms with Crippen molar-refractivity contribution >= 4 is 39.5 Å². The predicted molar refractivity (Wildman–Crippen MR) is 170 cm³/mol. The third-order valence-electron chi connectivity index (χ3n) is 7.31. The Morgan fingerprint density at radius 1 is 0.721 bits per heavy atom. The minimum absolute atomic E-state index is 0.162. The molecule has 0 amide bonds. The van der Waals surface area contributed by atoms with Crippen LogP contribution < -0.4 is 5.73 Å². The minimum atomic E-state index is 0.162. The van der Waals surface area contributed by atoms with Gasteiger partial charge in [-0.1, -0.05) is 91.0 Å². The fraction of sp³-hybridized carbons (Fsp3) is 0.0606. The second kappa shape index (κ2) is 10.6. The standard InChI is InChI=1S/C33H23N9S/c1-19-23(18-34)30(35)36-29-24(19)26(20-12-6-3-7-13-20)37-31-25(29)32(43-2)41-42(31)33-38-27(21-14-8-4-9-15-21)28(39-40-33)22-16-10-5-11-17-22/h3-17H,1-2H3,(H2,35,36). The first-order valence-electron chi connectivity index (χ1n) is 13.5. The van der Waals surface area contributed by atoms with E-state index in [9.17, 15) is 5.26 Å². The maximum atomic E-state index is 9.88. The molecule has 4 heterocycles. The zero-order valence-electron chi connectivity index (χ0n) is 23.2. The maximum absolute atomic E-state index is 9.88. The molecule has 206 valence electrons. The van der Waals surface area contributed by atoms with E-state index in [2.05, 4.69) is 16.3 Å². The van der Waals surface area contributed by atoms with Crippen LogP contribution in [0.25, 0.3) is 61.7 Å². The molecule has 0 bridgehead atoms. The van der Waals surface area contributed by atoms with E-state index >= 15 is 0 Å². The van der Waals surface area contributed by atoms with E-state index in [1.165, 1.54) is 11.8 Å². The molecule has 7 aromatic rings. The summed E-state index contributed by atoms with van der Waals surface area (Å²) in [6.07, 6.45) is 1.94. The van der Waals surface area contributed by atoms with E-state index in [1.807, 2.05) is 104 Å². The van der Waals surface area contributed by atoms with Crippen molar-refractivity contribution in [2.75, 3.05) is 12.0 Å². The van der Waals surface area contributed by atoms with Gasteiger partial charge < -0.3 is 5.73 Å². The second-order valence-electron chi connectivity index (χ2n) is 9.82. The summed E-state index contributed by atoms with van der Waals surface area (Å²) in [5.41, 5.74) is 13.2. The van der Waals surface area contributed by atoms with E-state index in [4.69, 9.17) is 25.8 Å². The summed E-state index contributed by atoms with van der Waals surface area (Å²) in [5.74, 6) is 0.434. The summed E-state index contributed by atoms with van der Waals surface area (Å²) in [4.78, 5) is 14.9. The van der Waals surface area contributed by atoms with E-state index in [1.54, 1.807) is 4.68 Å². The second-order valence-corrected chi connectivity index (χ2v) is 10.6. The van der Waals surface area contributed by atoms with Crippen molar-refractivity contribution in [3.05, 3.63) is 102 Å². The van der Waals surface area contributed by atoms with Crippen molar-refractivity contribution in [2.45, 2.75) is 11.9 Å². The number of nitrogens with two attached hydrogens (primary N) is 1. The molecule has 0 aliphatic rings. The number of nitrogens with zero attached hydrogens (tertiary/aromatic N) is 8. The molecule has 7 rings (SSSR count). The van der Waals surface area contributed by atoms with E-state index in [-0.39, 0.29) is 11.8 Å². The summed E-state index contributed by atoms with van der Waals surface area (Å²) in [7, 11) is 0. The van der Waals surface area contributed by atoms with Gasteiger partial charge in [-0.25, -0.2) is 15.0 Å². The molecule has 3 aromatic carbocycles. The monoisotopic (exact) mass is 577 g/mol. The summed E-state index contributed by atoms with van der Waals surface area (Å²) >= 11 is 1.46. The third kappa shape index (κ3) is 4.34. The molecule has 0 fully saturated rings. The predicted octanol–water partition coefficient (Wildman–Crippen LogP) is 6.64. The molecule has 0 unspecified atom stereocenters. The number of pyridine rings is 2. The number of aryl methyl sites for hydroxylation is 1. The number of hydrogen-bond acceptors (Lipinski definition) is 9. The van der Waals surface area contributed by atoms with Crippen LogP contribution in [0.4, 0.5) is 5.82 Å². The van der Waals surface area contributed by atoms with Crippen LogP contribution in [0.5, 0.6) is 0 Å². The van der Waals surface area contributed by atoms with Gasteiger partial charge in [-0.05, 0) is 18.7 Å². The molecule has 0 spiro atoms. The van der Waals surface area contributed by atoms with E-state index < -0.39 is 0 Å². The lowest BCUT2D eigenvalue weighted by Gasteiger charge is -2.13. The van der Waals surface area contributed by atoms with Gasteiger partial charge in [0.25, 0.3) is 5.95 Å². The fourth-order valence-corrected chi connectivity index (χ4v) is 5.84. The Labute approximate surface area is 251 Å². The molecule has 2 N–H and O–H groups in total. The van der Waals surface area contributed by atoms with Crippen LogP contribution in [0.15, 0.2) is 96.0 Å². The molecule has 0 saturated carbocycles. The highest BCUT2D eigenvalue weighted by Crippen LogP contribution is 2.40. The first-order valence-corrected chi connectivity index (χ1v) is 14.7. The fourth-order valence-electron chi connectivity index (χ4n) is 5.28. The third-order valence-corrected chi connectivity index (χ3v) is 7.98. The number of hydrogen-bond donors (Lipinski definition) is 1. The molecule has 10 heteroatoms. The van der Waals surface area contributed by atoms with Crippen LogP contribution in [-0.4, -0.2) is 41.2 Å². The van der Waals surface area contributed by atoms with Crippen LogP contribution >= 0.6 is 11.8 Å². The Hall–Kier alpha value is -5.66. The number of nitrogen functional groups attached to an aromatic ring is 1. The van der Waals surface area contributed by atoms with Crippen molar-refractivity contribution < 1.29 is 0 Å². The Kier molecular flexibility index (Phi) is 6.49. The summed E-state index contributed by atoms with van der Waals surface area (Å²) in [6.45, 7) is 1.88. The van der Waals surface area contributed by atoms with Gasteiger partial charge >= 0.3 is 0 Å². The number of rotatable bonds is 5. The number of fused-ring (bicyclic) bond motifs is 3. The average Bonchev–Trinajstić information content (AvgIpc) is 3.44. The highest BCUT2D eigenvalue weighted by atomic mass is 32.2. The Morgan fingerprint density at radius 2 is 1.30 bits per heavy atom. The molecule has 0 aliphatic carbocycles. The van der Waals surface area contributed by atoms with Crippen molar-refractivity contribution in [3.8, 4) is 45.8 Å². The normalized spacial score (nSPS) is 11.2. The summed E-state index contributed by atoms with van der Waals surface area (Å²) in [6, 6.07) is 31.8. The molecular formula is C33H23N9S. The lowest BCUT2D eigenvalue weighted by Crippen LogP contribution is -2.09. The Balaban J connectivity index is 1.57. The first-order chi connectivity index (χ1) is 21.1. The zero-order chi connectivity index (χ0) is 29.5. The van der Waals surface area contributed by atoms with Gasteiger partial charge in [-0.2, -0.15) is 15.0 Å². The lowest BCUT2D eigenvalue weighted by molar-refractivity contribution is 0.767. The quantitative estimate of drug-likeness (QED) is 0.224. The van der Waals surface area contributed by atoms with E-state index in [0.717, 1.165) is 27.6 Å². The average molecular weight is 578 g/mol. The van der Waals surface area contributed by atoms with Crippen LogP contribution in [0.2, 0.25) is 0 Å². The highest BCUT2D eigenvalue weighted by Gasteiger charge is 2.25. The summed E-state index contributed by atoms with van der Waals surface area (Å²) in [5, 5.41) is 26.1. The molecule has 9 nitrogen and oxygen atoms in total.